The lowest BCUT2D eigenvalue weighted by Gasteiger charge is -2.06. The summed E-state index contributed by atoms with van der Waals surface area (Å²) in [6.45, 7) is 8.61. The lowest BCUT2D eigenvalue weighted by molar-refractivity contribution is 0.225. The van der Waals surface area contributed by atoms with Gasteiger partial charge in [0.15, 0.2) is 0 Å². The molecule has 0 aliphatic rings. The lowest BCUT2D eigenvalue weighted by Crippen LogP contribution is -1.94. The molecule has 0 radical (unpaired) electrons. The predicted molar refractivity (Wildman–Crippen MR) is 55.6 cm³/mol. The van der Waals surface area contributed by atoms with Gasteiger partial charge in [0, 0.05) is 6.42 Å². The molecule has 1 nitrogen and oxygen atoms in total. The molecule has 1 aromatic carbocycles. The van der Waals surface area contributed by atoms with Crippen LogP contribution in [0.1, 0.15) is 18.1 Å². The van der Waals surface area contributed by atoms with Crippen LogP contribution in [-0.4, -0.2) is 6.61 Å². The van der Waals surface area contributed by atoms with Crippen molar-refractivity contribution < 1.29 is 4.74 Å². The van der Waals surface area contributed by atoms with Crippen molar-refractivity contribution in [2.75, 3.05) is 6.61 Å². The largest absolute Gasteiger partial charge is 0.498 e. The Labute approximate surface area is 80.0 Å². The zero-order valence-corrected chi connectivity index (χ0v) is 8.34. The minimum atomic E-state index is 0.699. The first-order valence-corrected chi connectivity index (χ1v) is 4.58. The Hall–Kier alpha value is -1.24. The van der Waals surface area contributed by atoms with Gasteiger partial charge in [0.05, 0.1) is 12.4 Å². The Kier molecular flexibility index (Phi) is 3.56. The van der Waals surface area contributed by atoms with E-state index in [4.69, 9.17) is 4.74 Å². The number of hydrogen-bond acceptors (Lipinski definition) is 1. The fraction of sp³-hybridized carbons (Fsp3) is 0.333. The molecule has 0 aliphatic carbocycles. The number of allylic oxidation sites excluding steroid dienone is 1. The number of aryl methyl sites for hydroxylation is 1. The third-order valence-electron chi connectivity index (χ3n) is 1.83. The molecule has 0 saturated heterocycles. The molecule has 0 atom stereocenters. The van der Waals surface area contributed by atoms with E-state index in [2.05, 4.69) is 37.8 Å². The molecule has 0 amide bonds. The van der Waals surface area contributed by atoms with Crippen molar-refractivity contribution in [3.8, 4) is 0 Å². The molecule has 0 heterocycles. The molecule has 1 rings (SSSR count). The van der Waals surface area contributed by atoms with Crippen LogP contribution in [0.4, 0.5) is 0 Å². The van der Waals surface area contributed by atoms with Crippen molar-refractivity contribution in [3.05, 3.63) is 47.7 Å². The maximum Gasteiger partial charge on any atom is 0.0931 e. The van der Waals surface area contributed by atoms with Crippen molar-refractivity contribution in [2.45, 2.75) is 20.3 Å². The highest BCUT2D eigenvalue weighted by atomic mass is 16.5. The molecule has 0 fully saturated rings. The molecule has 0 bridgehead atoms. The Bertz CT molecular complexity index is 289. The number of ether oxygens (including phenoxy) is 1. The fourth-order valence-electron chi connectivity index (χ4n) is 1.30. The molecule has 0 N–H and O–H groups in total. The average molecular weight is 176 g/mol. The molecule has 0 aromatic heterocycles. The van der Waals surface area contributed by atoms with Crippen LogP contribution in [0.15, 0.2) is 36.6 Å². The Morgan fingerprint density at radius 1 is 1.46 bits per heavy atom. The van der Waals surface area contributed by atoms with E-state index in [1.54, 1.807) is 0 Å². The van der Waals surface area contributed by atoms with Crippen LogP contribution < -0.4 is 0 Å². The van der Waals surface area contributed by atoms with E-state index >= 15 is 0 Å². The molecule has 0 aliphatic heterocycles. The zero-order chi connectivity index (χ0) is 9.68. The second kappa shape index (κ2) is 4.70. The molecule has 1 aromatic rings. The van der Waals surface area contributed by atoms with Gasteiger partial charge in [-0.15, -0.1) is 0 Å². The number of hydrogen-bond donors (Lipinski definition) is 0. The first kappa shape index (κ1) is 9.85. The van der Waals surface area contributed by atoms with Gasteiger partial charge in [-0.05, 0) is 19.4 Å². The van der Waals surface area contributed by atoms with Crippen molar-refractivity contribution in [1.82, 2.24) is 0 Å². The SMILES string of the molecule is C=C(Cc1cccc(C)c1)OCC. The van der Waals surface area contributed by atoms with Crippen LogP contribution in [0.3, 0.4) is 0 Å². The van der Waals surface area contributed by atoms with Gasteiger partial charge >= 0.3 is 0 Å². The minimum Gasteiger partial charge on any atom is -0.498 e. The highest BCUT2D eigenvalue weighted by Crippen LogP contribution is 2.09. The summed E-state index contributed by atoms with van der Waals surface area (Å²) in [4.78, 5) is 0. The van der Waals surface area contributed by atoms with Crippen molar-refractivity contribution >= 4 is 0 Å². The van der Waals surface area contributed by atoms with E-state index in [9.17, 15) is 0 Å². The van der Waals surface area contributed by atoms with Crippen LogP contribution in [-0.2, 0) is 11.2 Å². The second-order valence-corrected chi connectivity index (χ2v) is 3.14. The van der Waals surface area contributed by atoms with E-state index in [-0.39, 0.29) is 0 Å². The van der Waals surface area contributed by atoms with Gasteiger partial charge in [0.2, 0.25) is 0 Å². The summed E-state index contributed by atoms with van der Waals surface area (Å²) in [5.74, 6) is 0.841. The van der Waals surface area contributed by atoms with E-state index in [0.29, 0.717) is 6.61 Å². The summed E-state index contributed by atoms with van der Waals surface area (Å²) in [5, 5.41) is 0. The highest BCUT2D eigenvalue weighted by molar-refractivity contribution is 5.24. The minimum absolute atomic E-state index is 0.699. The molecule has 0 saturated carbocycles. The van der Waals surface area contributed by atoms with Crippen LogP contribution in [0.5, 0.6) is 0 Å². The van der Waals surface area contributed by atoms with E-state index in [0.717, 1.165) is 12.2 Å². The molecule has 0 spiro atoms. The summed E-state index contributed by atoms with van der Waals surface area (Å²) in [6, 6.07) is 8.40. The Morgan fingerprint density at radius 3 is 2.85 bits per heavy atom. The Balaban J connectivity index is 2.58. The van der Waals surface area contributed by atoms with E-state index in [1.165, 1.54) is 11.1 Å². The molecular weight excluding hydrogens is 160 g/mol. The first-order chi connectivity index (χ1) is 6.22. The van der Waals surface area contributed by atoms with E-state index in [1.807, 2.05) is 6.92 Å². The average Bonchev–Trinajstić information content (AvgIpc) is 2.04. The normalized spacial score (nSPS) is 9.69. The summed E-state index contributed by atoms with van der Waals surface area (Å²) in [6.07, 6.45) is 0.815. The van der Waals surface area contributed by atoms with Crippen LogP contribution in [0, 0.1) is 6.92 Å². The lowest BCUT2D eigenvalue weighted by atomic mass is 10.1. The highest BCUT2D eigenvalue weighted by Gasteiger charge is 1.97. The fourth-order valence-corrected chi connectivity index (χ4v) is 1.30. The summed E-state index contributed by atoms with van der Waals surface area (Å²) in [5.41, 5.74) is 2.54. The molecule has 1 heteroatoms. The van der Waals surface area contributed by atoms with Gasteiger partial charge in [-0.2, -0.15) is 0 Å². The van der Waals surface area contributed by atoms with Crippen molar-refractivity contribution in [3.63, 3.8) is 0 Å². The van der Waals surface area contributed by atoms with Crippen molar-refractivity contribution in [2.24, 2.45) is 0 Å². The standard InChI is InChI=1S/C12H16O/c1-4-13-11(3)9-12-7-5-6-10(2)8-12/h5-8H,3-4,9H2,1-2H3. The van der Waals surface area contributed by atoms with Gasteiger partial charge in [-0.1, -0.05) is 36.4 Å². The zero-order valence-electron chi connectivity index (χ0n) is 8.34. The van der Waals surface area contributed by atoms with Gasteiger partial charge in [0.1, 0.15) is 0 Å². The third-order valence-corrected chi connectivity index (χ3v) is 1.83. The predicted octanol–water partition coefficient (Wildman–Crippen LogP) is 3.09. The van der Waals surface area contributed by atoms with Gasteiger partial charge in [0.25, 0.3) is 0 Å². The summed E-state index contributed by atoms with van der Waals surface area (Å²) in [7, 11) is 0. The quantitative estimate of drug-likeness (QED) is 0.640. The summed E-state index contributed by atoms with van der Waals surface area (Å²) >= 11 is 0. The molecular formula is C12H16O. The van der Waals surface area contributed by atoms with E-state index < -0.39 is 0 Å². The smallest absolute Gasteiger partial charge is 0.0931 e. The third kappa shape index (κ3) is 3.32. The topological polar surface area (TPSA) is 9.23 Å². The monoisotopic (exact) mass is 176 g/mol. The maximum atomic E-state index is 5.29. The van der Waals surface area contributed by atoms with Crippen molar-refractivity contribution in [1.29, 1.82) is 0 Å². The van der Waals surface area contributed by atoms with Crippen LogP contribution in [0.2, 0.25) is 0 Å². The second-order valence-electron chi connectivity index (χ2n) is 3.14. The number of benzene rings is 1. The maximum absolute atomic E-state index is 5.29. The van der Waals surface area contributed by atoms with Crippen LogP contribution >= 0.6 is 0 Å². The number of rotatable bonds is 4. The first-order valence-electron chi connectivity index (χ1n) is 4.58. The molecule has 0 unspecified atom stereocenters. The molecule has 13 heavy (non-hydrogen) atoms. The Morgan fingerprint density at radius 2 is 2.23 bits per heavy atom. The van der Waals surface area contributed by atoms with Gasteiger partial charge < -0.3 is 4.74 Å². The molecule has 70 valence electrons. The van der Waals surface area contributed by atoms with Gasteiger partial charge in [-0.3, -0.25) is 0 Å². The van der Waals surface area contributed by atoms with Gasteiger partial charge in [-0.25, -0.2) is 0 Å². The summed E-state index contributed by atoms with van der Waals surface area (Å²) < 4.78 is 5.29. The van der Waals surface area contributed by atoms with Crippen LogP contribution in [0.25, 0.3) is 0 Å².